The molecule has 0 rings (SSSR count). The lowest BCUT2D eigenvalue weighted by Gasteiger charge is -2.25. The first-order valence-corrected chi connectivity index (χ1v) is 4.37. The maximum absolute atomic E-state index is 9.33. The minimum atomic E-state index is -1.59. The van der Waals surface area contributed by atoms with Gasteiger partial charge in [0.15, 0.2) is 0 Å². The van der Waals surface area contributed by atoms with Crippen LogP contribution in [0.3, 0.4) is 0 Å². The van der Waals surface area contributed by atoms with Crippen molar-refractivity contribution in [2.24, 2.45) is 0 Å². The van der Waals surface area contributed by atoms with Gasteiger partial charge >= 0.3 is 0 Å². The smallest absolute Gasteiger partial charge is 0.111 e. The Kier molecular flexibility index (Phi) is 6.00. The monoisotopic (exact) mass is 210 g/mol. The first kappa shape index (κ1) is 11.8. The first-order chi connectivity index (χ1) is 7.04. The Morgan fingerprint density at radius 2 is 1.71 bits per heavy atom. The van der Waals surface area contributed by atoms with Crippen LogP contribution in [0.15, 0.2) is 0 Å². The maximum atomic E-state index is 9.33. The molecule has 6 nitrogen and oxygen atoms in total. The lowest BCUT2D eigenvalue weighted by Crippen LogP contribution is -2.49. The number of hydrogen-bond donors (Lipinski definition) is 6. The van der Waals surface area contributed by atoms with Gasteiger partial charge in [-0.1, -0.05) is 6.90 Å². The molecule has 0 aromatic rings. The topological polar surface area (TPSA) is 113 Å². The first-order valence-electron chi connectivity index (χ1n) is 5.08. The van der Waals surface area contributed by atoms with Gasteiger partial charge in [0.05, 0.1) is 12.7 Å². The van der Waals surface area contributed by atoms with E-state index < -0.39 is 31.0 Å². The maximum Gasteiger partial charge on any atom is 0.111 e. The van der Waals surface area contributed by atoms with E-state index in [1.165, 1.54) is 0 Å². The molecule has 0 bridgehead atoms. The van der Waals surface area contributed by atoms with Gasteiger partial charge in [0.25, 0.3) is 0 Å². The summed E-state index contributed by atoms with van der Waals surface area (Å²) in [5.74, 6) is 0. The zero-order valence-electron chi connectivity index (χ0n) is 8.87. The molecule has 14 heavy (non-hydrogen) atoms. The van der Waals surface area contributed by atoms with Gasteiger partial charge in [0, 0.05) is 7.92 Å². The molecule has 0 aromatic carbocycles. The Bertz CT molecular complexity index is 162. The molecule has 0 spiro atoms. The molecule has 0 aliphatic heterocycles. The molecule has 4 atom stereocenters. The van der Waals surface area contributed by atoms with Crippen LogP contribution >= 0.6 is 0 Å². The van der Waals surface area contributed by atoms with E-state index >= 15 is 0 Å². The number of aliphatic hydroxyl groups is 5. The summed E-state index contributed by atoms with van der Waals surface area (Å²) in [6, 6.07) is 0. The van der Waals surface area contributed by atoms with Crippen LogP contribution in [0.5, 0.6) is 0 Å². The highest BCUT2D eigenvalue weighted by Gasteiger charge is 2.29. The normalized spacial score (nSPS) is 21.1. The van der Waals surface area contributed by atoms with E-state index in [4.69, 9.17) is 11.6 Å². The van der Waals surface area contributed by atoms with E-state index in [1.807, 2.05) is 0 Å². The number of aliphatic hydroxyl groups excluding tert-OH is 5. The van der Waals surface area contributed by atoms with Gasteiger partial charge in [0.1, 0.15) is 18.3 Å². The zero-order valence-corrected chi connectivity index (χ0v) is 7.87. The highest BCUT2D eigenvalue weighted by Crippen LogP contribution is 2.04. The van der Waals surface area contributed by atoms with Crippen molar-refractivity contribution >= 4 is 0 Å². The molecular formula is C8H19NO5. The molecule has 0 radical (unpaired) electrons. The summed E-state index contributed by atoms with van der Waals surface area (Å²) in [5.41, 5.74) is 0. The highest BCUT2D eigenvalue weighted by atomic mass is 16.4. The second-order valence-corrected chi connectivity index (χ2v) is 3.00. The van der Waals surface area contributed by atoms with Crippen LogP contribution in [-0.4, -0.2) is 69.6 Å². The number of nitrogens with one attached hydrogen (secondary N) is 1. The van der Waals surface area contributed by atoms with Crippen molar-refractivity contribution in [3.05, 3.63) is 0 Å². The van der Waals surface area contributed by atoms with E-state index in [9.17, 15) is 15.3 Å². The second-order valence-electron chi connectivity index (χ2n) is 3.00. The van der Waals surface area contributed by atoms with Gasteiger partial charge in [-0.05, 0) is 6.54 Å². The molecule has 0 aliphatic carbocycles. The number of likely N-dealkylation sites (N-methyl/N-ethyl adjacent to an activating group) is 1. The van der Waals surface area contributed by atoms with Crippen molar-refractivity contribution in [3.63, 3.8) is 0 Å². The fraction of sp³-hybridized carbons (Fsp3) is 1.00. The summed E-state index contributed by atoms with van der Waals surface area (Å²) >= 11 is 0. The predicted octanol–water partition coefficient (Wildman–Crippen LogP) is -2.97. The van der Waals surface area contributed by atoms with Gasteiger partial charge in [-0.25, -0.2) is 0 Å². The molecule has 0 unspecified atom stereocenters. The second kappa shape index (κ2) is 7.10. The zero-order chi connectivity index (χ0) is 11.8. The average Bonchev–Trinajstić information content (AvgIpc) is 2.26. The molecular weight excluding hydrogens is 190 g/mol. The summed E-state index contributed by atoms with van der Waals surface area (Å²) in [7, 11) is 0. The Hall–Kier alpha value is -0.240. The van der Waals surface area contributed by atoms with Gasteiger partial charge in [-0.15, -0.1) is 0 Å². The van der Waals surface area contributed by atoms with E-state index in [-0.39, 0.29) is 13.4 Å². The van der Waals surface area contributed by atoms with Gasteiger partial charge in [-0.3, -0.25) is 0 Å². The van der Waals surface area contributed by atoms with Crippen LogP contribution in [0.25, 0.3) is 0 Å². The summed E-state index contributed by atoms with van der Waals surface area (Å²) in [6.07, 6.45) is -5.87. The van der Waals surface area contributed by atoms with Crippen LogP contribution in [0.2, 0.25) is 0 Å². The largest absolute Gasteiger partial charge is 0.394 e. The van der Waals surface area contributed by atoms with Gasteiger partial charge in [-0.2, -0.15) is 0 Å². The van der Waals surface area contributed by atoms with Gasteiger partial charge in [0.2, 0.25) is 0 Å². The third-order valence-corrected chi connectivity index (χ3v) is 1.86. The van der Waals surface area contributed by atoms with Crippen LogP contribution in [0.1, 0.15) is 8.27 Å². The molecule has 0 amide bonds. The summed E-state index contributed by atoms with van der Waals surface area (Å²) in [4.78, 5) is 0. The van der Waals surface area contributed by atoms with Crippen molar-refractivity contribution in [1.29, 1.82) is 0 Å². The van der Waals surface area contributed by atoms with E-state index in [0.29, 0.717) is 6.54 Å². The Labute approximate surface area is 84.2 Å². The number of hydrogen-bond acceptors (Lipinski definition) is 6. The average molecular weight is 210 g/mol. The van der Waals surface area contributed by atoms with Crippen LogP contribution < -0.4 is 5.32 Å². The molecule has 0 fully saturated rings. The van der Waals surface area contributed by atoms with Crippen molar-refractivity contribution in [2.45, 2.75) is 31.3 Å². The predicted molar refractivity (Wildman–Crippen MR) is 49.7 cm³/mol. The van der Waals surface area contributed by atoms with Crippen molar-refractivity contribution in [2.75, 3.05) is 19.7 Å². The lowest BCUT2D eigenvalue weighted by atomic mass is 10.0. The summed E-state index contributed by atoms with van der Waals surface area (Å²) in [5, 5.41) is 48.1. The highest BCUT2D eigenvalue weighted by molar-refractivity contribution is 4.81. The van der Waals surface area contributed by atoms with Crippen molar-refractivity contribution in [3.8, 4) is 0 Å². The SMILES string of the molecule is [2H]CCNC[C@H](O)[C@@H](O)[C@H](O)[C@H](O)CO. The summed E-state index contributed by atoms with van der Waals surface area (Å²) in [6.45, 7) is -0.173. The molecule has 0 aliphatic rings. The quantitative estimate of drug-likeness (QED) is 0.250. The molecule has 0 heterocycles. The molecule has 6 N–H and O–H groups in total. The summed E-state index contributed by atoms with van der Waals surface area (Å²) < 4.78 is 6.81. The van der Waals surface area contributed by atoms with E-state index in [1.54, 1.807) is 0 Å². The molecule has 0 aromatic heterocycles. The third-order valence-electron chi connectivity index (χ3n) is 1.86. The minimum absolute atomic E-state index is 0.00918. The van der Waals surface area contributed by atoms with Crippen LogP contribution in [-0.2, 0) is 0 Å². The minimum Gasteiger partial charge on any atom is -0.394 e. The van der Waals surface area contributed by atoms with E-state index in [2.05, 4.69) is 5.32 Å². The van der Waals surface area contributed by atoms with E-state index in [0.717, 1.165) is 0 Å². The standard InChI is InChI=1S/C8H19NO5/c1-2-9-3-5(11)7(13)8(14)6(12)4-10/h5-14H,2-4H2,1H3/t5-,6+,7+,8+/m0/s1/i1D. The molecule has 0 saturated carbocycles. The van der Waals surface area contributed by atoms with Crippen molar-refractivity contribution < 1.29 is 26.9 Å². The van der Waals surface area contributed by atoms with Crippen LogP contribution in [0.4, 0.5) is 0 Å². The van der Waals surface area contributed by atoms with Gasteiger partial charge < -0.3 is 30.8 Å². The fourth-order valence-corrected chi connectivity index (χ4v) is 0.934. The molecule has 0 saturated heterocycles. The number of rotatable bonds is 7. The van der Waals surface area contributed by atoms with Crippen molar-refractivity contribution in [1.82, 2.24) is 5.32 Å². The van der Waals surface area contributed by atoms with Crippen LogP contribution in [0, 0.1) is 0 Å². The Morgan fingerprint density at radius 3 is 2.21 bits per heavy atom. The molecule has 6 heteroatoms. The Balaban J connectivity index is 3.90. The lowest BCUT2D eigenvalue weighted by molar-refractivity contribution is -0.113. The molecule has 86 valence electrons. The fourth-order valence-electron chi connectivity index (χ4n) is 0.934. The Morgan fingerprint density at radius 1 is 1.14 bits per heavy atom. The third kappa shape index (κ3) is 4.32.